The third kappa shape index (κ3) is 4.88. The van der Waals surface area contributed by atoms with Crippen LogP contribution >= 0.6 is 0 Å². The molecule has 4 aromatic rings. The summed E-state index contributed by atoms with van der Waals surface area (Å²) >= 11 is 0. The van der Waals surface area contributed by atoms with Crippen molar-refractivity contribution in [3.63, 3.8) is 0 Å². The number of benzene rings is 3. The summed E-state index contributed by atoms with van der Waals surface area (Å²) in [6.45, 7) is 10.8. The number of hydrogen-bond donors (Lipinski definition) is 0. The van der Waals surface area contributed by atoms with Gasteiger partial charge in [0.2, 0.25) is 0 Å². The molecule has 1 aliphatic carbocycles. The highest BCUT2D eigenvalue weighted by atomic mass is 28.4. The van der Waals surface area contributed by atoms with Gasteiger partial charge in [0.1, 0.15) is 0 Å². The fraction of sp³-hybridized carbons (Fsp3) is 0.303. The van der Waals surface area contributed by atoms with Crippen LogP contribution in [0.5, 0.6) is 0 Å². The molecule has 2 unspecified atom stereocenters. The highest BCUT2D eigenvalue weighted by Gasteiger charge is 2.56. The molecule has 2 atom stereocenters. The van der Waals surface area contributed by atoms with Crippen molar-refractivity contribution in [1.82, 2.24) is 9.78 Å². The van der Waals surface area contributed by atoms with Crippen molar-refractivity contribution >= 4 is 24.8 Å². The van der Waals surface area contributed by atoms with Crippen LogP contribution in [-0.2, 0) is 16.4 Å². The van der Waals surface area contributed by atoms with E-state index in [9.17, 15) is 0 Å². The van der Waals surface area contributed by atoms with Crippen LogP contribution in [0.2, 0.25) is 5.04 Å². The molecule has 37 heavy (non-hydrogen) atoms. The summed E-state index contributed by atoms with van der Waals surface area (Å²) in [6, 6.07) is 32.8. The van der Waals surface area contributed by atoms with Gasteiger partial charge in [-0.2, -0.15) is 5.10 Å². The Labute approximate surface area is 223 Å². The summed E-state index contributed by atoms with van der Waals surface area (Å²) in [5.41, 5.74) is 2.50. The van der Waals surface area contributed by atoms with Gasteiger partial charge in [0.05, 0.1) is 6.20 Å². The van der Waals surface area contributed by atoms with Crippen molar-refractivity contribution in [1.29, 1.82) is 0 Å². The van der Waals surface area contributed by atoms with Gasteiger partial charge in [0.25, 0.3) is 8.32 Å². The number of hydrogen-bond acceptors (Lipinski definition) is 2. The fourth-order valence-corrected chi connectivity index (χ4v) is 10.4. The van der Waals surface area contributed by atoms with Crippen molar-refractivity contribution < 1.29 is 4.43 Å². The minimum Gasteiger partial charge on any atom is -0.407 e. The number of allylic oxidation sites excluding steroid dienone is 1. The third-order valence-corrected chi connectivity index (χ3v) is 12.9. The Morgan fingerprint density at radius 1 is 0.919 bits per heavy atom. The van der Waals surface area contributed by atoms with E-state index in [-0.39, 0.29) is 10.5 Å². The second-order valence-corrected chi connectivity index (χ2v) is 15.6. The van der Waals surface area contributed by atoms with Gasteiger partial charge in [0.15, 0.2) is 0 Å². The lowest BCUT2D eigenvalue weighted by molar-refractivity contribution is 0.274. The number of aromatic nitrogens is 2. The molecule has 1 heterocycles. The maximum atomic E-state index is 7.33. The van der Waals surface area contributed by atoms with Crippen LogP contribution in [-0.4, -0.2) is 24.7 Å². The van der Waals surface area contributed by atoms with Crippen molar-refractivity contribution in [2.75, 3.05) is 6.61 Å². The molecule has 1 saturated carbocycles. The second kappa shape index (κ2) is 10.3. The molecule has 1 aromatic heterocycles. The van der Waals surface area contributed by atoms with Gasteiger partial charge >= 0.3 is 0 Å². The number of rotatable bonds is 9. The van der Waals surface area contributed by atoms with E-state index in [0.717, 1.165) is 25.1 Å². The van der Waals surface area contributed by atoms with E-state index in [1.165, 1.54) is 15.9 Å². The lowest BCUT2D eigenvalue weighted by Gasteiger charge is -2.43. The molecule has 1 aliphatic rings. The zero-order valence-electron chi connectivity index (χ0n) is 22.5. The van der Waals surface area contributed by atoms with Gasteiger partial charge in [-0.15, -0.1) is 0 Å². The van der Waals surface area contributed by atoms with E-state index in [4.69, 9.17) is 4.43 Å². The van der Waals surface area contributed by atoms with E-state index >= 15 is 0 Å². The first-order valence-electron chi connectivity index (χ1n) is 13.4. The normalized spacial score (nSPS) is 19.8. The van der Waals surface area contributed by atoms with Gasteiger partial charge in [0, 0.05) is 30.3 Å². The summed E-state index contributed by atoms with van der Waals surface area (Å²) in [4.78, 5) is 0. The molecule has 4 heteroatoms. The van der Waals surface area contributed by atoms with Gasteiger partial charge in [-0.3, -0.25) is 4.68 Å². The first-order chi connectivity index (χ1) is 17.9. The van der Waals surface area contributed by atoms with E-state index in [1.807, 2.05) is 10.9 Å². The first kappa shape index (κ1) is 25.4. The smallest absolute Gasteiger partial charge is 0.261 e. The first-order valence-corrected chi connectivity index (χ1v) is 15.3. The maximum absolute atomic E-state index is 7.33. The summed E-state index contributed by atoms with van der Waals surface area (Å²) < 4.78 is 9.31. The van der Waals surface area contributed by atoms with Crippen LogP contribution in [0.25, 0.3) is 6.08 Å². The van der Waals surface area contributed by atoms with Crippen LogP contribution in [0.4, 0.5) is 0 Å². The van der Waals surface area contributed by atoms with Gasteiger partial charge < -0.3 is 4.43 Å². The van der Waals surface area contributed by atoms with Crippen molar-refractivity contribution in [2.24, 2.45) is 5.92 Å². The minimum absolute atomic E-state index is 0.0129. The lowest BCUT2D eigenvalue weighted by atomic mass is 9.92. The quantitative estimate of drug-likeness (QED) is 0.244. The third-order valence-electron chi connectivity index (χ3n) is 7.93. The van der Waals surface area contributed by atoms with Crippen LogP contribution in [0.3, 0.4) is 0 Å². The Morgan fingerprint density at radius 3 is 2.00 bits per heavy atom. The molecular formula is C33H38N2OSi. The van der Waals surface area contributed by atoms with Crippen LogP contribution in [0, 0.1) is 5.92 Å². The highest BCUT2D eigenvalue weighted by Crippen LogP contribution is 2.56. The molecule has 0 saturated heterocycles. The van der Waals surface area contributed by atoms with Crippen LogP contribution < -0.4 is 10.4 Å². The predicted octanol–water partition coefficient (Wildman–Crippen LogP) is 6.45. The standard InChI is InChI=1S/C33H38N2OSi/c1-5-35-25-27(24-34-35)21-22-33(28-15-9-6-10-16-28)23-29(33)26-36-37(32(2,3)4,30-17-11-7-12-18-30)31-19-13-8-14-20-31/h6-22,24-25,29H,5,23,26H2,1-4H3/b22-21+. The summed E-state index contributed by atoms with van der Waals surface area (Å²) in [6.07, 6.45) is 9.81. The number of aryl methyl sites for hydroxylation is 1. The van der Waals surface area contributed by atoms with Crippen molar-refractivity contribution in [3.8, 4) is 0 Å². The van der Waals surface area contributed by atoms with Gasteiger partial charge in [-0.05, 0) is 40.2 Å². The van der Waals surface area contributed by atoms with Gasteiger partial charge in [-0.25, -0.2) is 0 Å². The van der Waals surface area contributed by atoms with Crippen LogP contribution in [0.1, 0.15) is 45.2 Å². The predicted molar refractivity (Wildman–Crippen MR) is 157 cm³/mol. The zero-order chi connectivity index (χ0) is 25.9. The highest BCUT2D eigenvalue weighted by molar-refractivity contribution is 6.99. The fourth-order valence-electron chi connectivity index (χ4n) is 5.83. The van der Waals surface area contributed by atoms with Crippen molar-refractivity contribution in [3.05, 3.63) is 121 Å². The molecule has 5 rings (SSSR count). The molecule has 0 N–H and O–H groups in total. The Bertz CT molecular complexity index is 1290. The molecule has 3 nitrogen and oxygen atoms in total. The monoisotopic (exact) mass is 506 g/mol. The maximum Gasteiger partial charge on any atom is 0.261 e. The molecule has 0 amide bonds. The molecule has 1 fully saturated rings. The average molecular weight is 507 g/mol. The molecule has 3 aromatic carbocycles. The summed E-state index contributed by atoms with van der Waals surface area (Å²) in [5.74, 6) is 0.425. The van der Waals surface area contributed by atoms with Crippen molar-refractivity contribution in [2.45, 2.75) is 51.1 Å². The molecule has 0 bridgehead atoms. The largest absolute Gasteiger partial charge is 0.407 e. The van der Waals surface area contributed by atoms with E-state index in [0.29, 0.717) is 5.92 Å². The Hall–Kier alpha value is -3.21. The van der Waals surface area contributed by atoms with Crippen LogP contribution in [0.15, 0.2) is 109 Å². The molecule has 0 aliphatic heterocycles. The lowest BCUT2D eigenvalue weighted by Crippen LogP contribution is -2.66. The Morgan fingerprint density at radius 2 is 1.49 bits per heavy atom. The van der Waals surface area contributed by atoms with E-state index in [1.54, 1.807) is 0 Å². The topological polar surface area (TPSA) is 27.1 Å². The molecule has 0 spiro atoms. The molecular weight excluding hydrogens is 468 g/mol. The summed E-state index contributed by atoms with van der Waals surface area (Å²) in [5, 5.41) is 7.10. The molecule has 0 radical (unpaired) electrons. The van der Waals surface area contributed by atoms with Gasteiger partial charge in [-0.1, -0.05) is 124 Å². The minimum atomic E-state index is -2.56. The summed E-state index contributed by atoms with van der Waals surface area (Å²) in [7, 11) is -2.56. The Balaban J connectivity index is 1.49. The zero-order valence-corrected chi connectivity index (χ0v) is 23.5. The van der Waals surface area contributed by atoms with E-state index < -0.39 is 8.32 Å². The average Bonchev–Trinajstić information content (AvgIpc) is 3.44. The molecule has 190 valence electrons. The second-order valence-electron chi connectivity index (χ2n) is 11.2. The number of nitrogens with zero attached hydrogens (tertiary/aromatic N) is 2. The van der Waals surface area contributed by atoms with E-state index in [2.05, 4.69) is 142 Å². The SMILES string of the molecule is CCn1cc(/C=C/C2(c3ccccc3)CC2CO[Si](c2ccccc2)(c2ccccc2)C(C)(C)C)cn1. The Kier molecular flexibility index (Phi) is 7.06.